The molecule has 0 aliphatic carbocycles. The highest BCUT2D eigenvalue weighted by Gasteiger charge is 2.28. The third-order valence-electron chi connectivity index (χ3n) is 2.95. The monoisotopic (exact) mass is 269 g/mol. The lowest BCUT2D eigenvalue weighted by Gasteiger charge is -2.33. The van der Waals surface area contributed by atoms with Gasteiger partial charge in [0.15, 0.2) is 5.16 Å². The molecule has 0 fully saturated rings. The maximum Gasteiger partial charge on any atom is 0.187 e. The Morgan fingerprint density at radius 2 is 2.00 bits per heavy atom. The van der Waals surface area contributed by atoms with Gasteiger partial charge in [0.05, 0.1) is 5.60 Å². The molecule has 1 unspecified atom stereocenters. The van der Waals surface area contributed by atoms with E-state index in [-0.39, 0.29) is 11.6 Å². The van der Waals surface area contributed by atoms with Gasteiger partial charge >= 0.3 is 0 Å². The van der Waals surface area contributed by atoms with Crippen molar-refractivity contribution >= 4 is 11.8 Å². The molecule has 0 spiro atoms. The maximum absolute atomic E-state index is 5.54. The van der Waals surface area contributed by atoms with E-state index in [4.69, 9.17) is 4.74 Å². The quantitative estimate of drug-likeness (QED) is 0.608. The molecule has 0 amide bonds. The minimum absolute atomic E-state index is 0.201. The molecule has 4 nitrogen and oxygen atoms in total. The topological polar surface area (TPSA) is 47.0 Å². The molecule has 1 aromatic heterocycles. The number of hydrogen-bond donors (Lipinski definition) is 1. The summed E-state index contributed by atoms with van der Waals surface area (Å²) in [5, 5.41) is 4.27. The number of ether oxygens (including phenoxy) is 1. The van der Waals surface area contributed by atoms with Gasteiger partial charge in [-0.15, -0.1) is 0 Å². The van der Waals surface area contributed by atoms with Crippen LogP contribution in [0.2, 0.25) is 0 Å². The second-order valence-electron chi connectivity index (χ2n) is 4.77. The van der Waals surface area contributed by atoms with Crippen LogP contribution in [0.3, 0.4) is 0 Å². The average molecular weight is 269 g/mol. The van der Waals surface area contributed by atoms with Gasteiger partial charge in [0.2, 0.25) is 0 Å². The Hall–Kier alpha value is -0.650. The molecular weight excluding hydrogens is 246 g/mol. The van der Waals surface area contributed by atoms with Crippen LogP contribution in [0.15, 0.2) is 17.6 Å². The van der Waals surface area contributed by atoms with Crippen LogP contribution in [0.5, 0.6) is 0 Å². The molecule has 5 heteroatoms. The van der Waals surface area contributed by atoms with Crippen molar-refractivity contribution < 1.29 is 4.74 Å². The molecule has 1 atom stereocenters. The van der Waals surface area contributed by atoms with Crippen molar-refractivity contribution in [1.29, 1.82) is 0 Å². The smallest absolute Gasteiger partial charge is 0.187 e. The standard InChI is InChI=1S/C13H23N3OS/c1-6-14-11(13(3,4)17-5)9-18-12-15-7-10(2)8-16-12/h7-8,11,14H,6,9H2,1-5H3. The van der Waals surface area contributed by atoms with Gasteiger partial charge in [-0.2, -0.15) is 0 Å². The lowest BCUT2D eigenvalue weighted by atomic mass is 10.0. The highest BCUT2D eigenvalue weighted by Crippen LogP contribution is 2.21. The zero-order valence-electron chi connectivity index (χ0n) is 11.9. The van der Waals surface area contributed by atoms with Crippen molar-refractivity contribution in [3.8, 4) is 0 Å². The first-order chi connectivity index (χ1) is 8.49. The van der Waals surface area contributed by atoms with E-state index in [0.29, 0.717) is 0 Å². The van der Waals surface area contributed by atoms with E-state index in [2.05, 4.69) is 36.1 Å². The number of nitrogens with zero attached hydrogens (tertiary/aromatic N) is 2. The number of aromatic nitrogens is 2. The highest BCUT2D eigenvalue weighted by atomic mass is 32.2. The third-order valence-corrected chi connectivity index (χ3v) is 3.92. The van der Waals surface area contributed by atoms with Gasteiger partial charge in [0.1, 0.15) is 0 Å². The van der Waals surface area contributed by atoms with Crippen molar-refractivity contribution in [1.82, 2.24) is 15.3 Å². The predicted molar refractivity (Wildman–Crippen MR) is 76.0 cm³/mol. The van der Waals surface area contributed by atoms with E-state index < -0.39 is 0 Å². The van der Waals surface area contributed by atoms with Gasteiger partial charge in [0.25, 0.3) is 0 Å². The molecule has 0 aliphatic heterocycles. The van der Waals surface area contributed by atoms with Crippen LogP contribution in [-0.2, 0) is 4.74 Å². The second-order valence-corrected chi connectivity index (χ2v) is 5.76. The van der Waals surface area contributed by atoms with Gasteiger partial charge in [-0.05, 0) is 32.9 Å². The molecule has 0 aromatic carbocycles. The SMILES string of the molecule is CCNC(CSc1ncc(C)cn1)C(C)(C)OC. The molecule has 0 aliphatic rings. The number of methoxy groups -OCH3 is 1. The minimum atomic E-state index is -0.201. The first-order valence-corrected chi connectivity index (χ1v) is 7.18. The summed E-state index contributed by atoms with van der Waals surface area (Å²) in [4.78, 5) is 8.60. The summed E-state index contributed by atoms with van der Waals surface area (Å²) in [5.41, 5.74) is 0.882. The third kappa shape index (κ3) is 4.55. The molecule has 1 N–H and O–H groups in total. The number of likely N-dealkylation sites (N-methyl/N-ethyl adjacent to an activating group) is 1. The van der Waals surface area contributed by atoms with E-state index in [1.807, 2.05) is 19.3 Å². The van der Waals surface area contributed by atoms with Crippen molar-refractivity contribution in [2.45, 2.75) is 44.5 Å². The van der Waals surface area contributed by atoms with Gasteiger partial charge in [0, 0.05) is 31.3 Å². The Morgan fingerprint density at radius 3 is 2.50 bits per heavy atom. The lowest BCUT2D eigenvalue weighted by Crippen LogP contribution is -2.49. The van der Waals surface area contributed by atoms with Crippen molar-refractivity contribution in [2.75, 3.05) is 19.4 Å². The molecule has 0 radical (unpaired) electrons. The number of hydrogen-bond acceptors (Lipinski definition) is 5. The molecule has 18 heavy (non-hydrogen) atoms. The molecule has 1 aromatic rings. The Morgan fingerprint density at radius 1 is 1.39 bits per heavy atom. The molecule has 0 saturated heterocycles. The van der Waals surface area contributed by atoms with E-state index in [1.54, 1.807) is 18.9 Å². The Bertz CT molecular complexity index is 354. The fraction of sp³-hybridized carbons (Fsp3) is 0.692. The van der Waals surface area contributed by atoms with E-state index in [9.17, 15) is 0 Å². The second kappa shape index (κ2) is 7.07. The zero-order valence-corrected chi connectivity index (χ0v) is 12.7. The van der Waals surface area contributed by atoms with Gasteiger partial charge in [-0.1, -0.05) is 18.7 Å². The average Bonchev–Trinajstić information content (AvgIpc) is 2.36. The molecule has 1 rings (SSSR count). The van der Waals surface area contributed by atoms with Gasteiger partial charge < -0.3 is 10.1 Å². The van der Waals surface area contributed by atoms with Gasteiger partial charge in [-0.25, -0.2) is 9.97 Å². The molecule has 0 saturated carbocycles. The molecule has 102 valence electrons. The zero-order chi connectivity index (χ0) is 13.6. The summed E-state index contributed by atoms with van der Waals surface area (Å²) in [6, 6.07) is 0.266. The lowest BCUT2D eigenvalue weighted by molar-refractivity contribution is -0.00310. The van der Waals surface area contributed by atoms with Crippen molar-refractivity contribution in [3.05, 3.63) is 18.0 Å². The van der Waals surface area contributed by atoms with Crippen LogP contribution in [0.4, 0.5) is 0 Å². The summed E-state index contributed by atoms with van der Waals surface area (Å²) in [6.07, 6.45) is 3.69. The largest absolute Gasteiger partial charge is 0.377 e. The number of rotatable bonds is 7. The summed E-state index contributed by atoms with van der Waals surface area (Å²) in [5.74, 6) is 0.887. The Kier molecular flexibility index (Phi) is 6.05. The summed E-state index contributed by atoms with van der Waals surface area (Å²) >= 11 is 1.65. The minimum Gasteiger partial charge on any atom is -0.377 e. The number of thioether (sulfide) groups is 1. The summed E-state index contributed by atoms with van der Waals surface area (Å²) < 4.78 is 5.54. The molecular formula is C13H23N3OS. The Labute approximate surface area is 114 Å². The van der Waals surface area contributed by atoms with Crippen LogP contribution < -0.4 is 5.32 Å². The fourth-order valence-electron chi connectivity index (χ4n) is 1.51. The van der Waals surface area contributed by atoms with E-state index in [1.165, 1.54) is 0 Å². The first kappa shape index (κ1) is 15.4. The van der Waals surface area contributed by atoms with Crippen molar-refractivity contribution in [2.24, 2.45) is 0 Å². The van der Waals surface area contributed by atoms with Crippen LogP contribution in [0, 0.1) is 6.92 Å². The Balaban J connectivity index is 2.59. The maximum atomic E-state index is 5.54. The van der Waals surface area contributed by atoms with Crippen LogP contribution in [0.25, 0.3) is 0 Å². The normalized spacial score (nSPS) is 13.6. The van der Waals surface area contributed by atoms with E-state index >= 15 is 0 Å². The highest BCUT2D eigenvalue weighted by molar-refractivity contribution is 7.99. The van der Waals surface area contributed by atoms with Crippen molar-refractivity contribution in [3.63, 3.8) is 0 Å². The number of nitrogens with one attached hydrogen (secondary N) is 1. The molecule has 0 bridgehead atoms. The summed E-state index contributed by atoms with van der Waals surface area (Å²) in [6.45, 7) is 9.20. The first-order valence-electron chi connectivity index (χ1n) is 6.19. The van der Waals surface area contributed by atoms with Crippen LogP contribution in [-0.4, -0.2) is 41.0 Å². The number of aryl methyl sites for hydroxylation is 1. The van der Waals surface area contributed by atoms with Gasteiger partial charge in [-0.3, -0.25) is 0 Å². The fourth-order valence-corrected chi connectivity index (χ4v) is 2.60. The van der Waals surface area contributed by atoms with Crippen LogP contribution >= 0.6 is 11.8 Å². The van der Waals surface area contributed by atoms with E-state index in [0.717, 1.165) is 23.0 Å². The predicted octanol–water partition coefficient (Wildman–Crippen LogP) is 2.28. The van der Waals surface area contributed by atoms with Crippen LogP contribution in [0.1, 0.15) is 26.3 Å². The molecule has 1 heterocycles. The summed E-state index contributed by atoms with van der Waals surface area (Å²) in [7, 11) is 1.75.